The van der Waals surface area contributed by atoms with Crippen LogP contribution in [0.3, 0.4) is 0 Å². The van der Waals surface area contributed by atoms with E-state index in [0.29, 0.717) is 6.04 Å². The van der Waals surface area contributed by atoms with Gasteiger partial charge in [-0.1, -0.05) is 11.6 Å². The maximum Gasteiger partial charge on any atom is 0.0932 e. The third-order valence-electron chi connectivity index (χ3n) is 4.09. The summed E-state index contributed by atoms with van der Waals surface area (Å²) in [5, 5.41) is 0. The first-order valence-electron chi connectivity index (χ1n) is 6.79. The first kappa shape index (κ1) is 13.2. The number of thiophene rings is 1. The molecule has 1 aliphatic rings. The fraction of sp³-hybridized carbons (Fsp3) is 0.467. The van der Waals surface area contributed by atoms with Crippen LogP contribution in [0.15, 0.2) is 18.2 Å². The van der Waals surface area contributed by atoms with Crippen LogP contribution in [-0.2, 0) is 6.42 Å². The lowest BCUT2D eigenvalue weighted by Gasteiger charge is -2.24. The normalized spacial score (nSPS) is 20.3. The molecule has 19 heavy (non-hydrogen) atoms. The number of nitrogens with zero attached hydrogens (tertiary/aromatic N) is 1. The van der Waals surface area contributed by atoms with E-state index in [4.69, 9.17) is 17.3 Å². The second-order valence-electron chi connectivity index (χ2n) is 5.37. The second kappa shape index (κ2) is 4.97. The van der Waals surface area contributed by atoms with Crippen molar-refractivity contribution in [1.82, 2.24) is 4.57 Å². The topological polar surface area (TPSA) is 30.9 Å². The molecule has 2 unspecified atom stereocenters. The summed E-state index contributed by atoms with van der Waals surface area (Å²) in [5.41, 5.74) is 10.3. The SMILES string of the molecule is Cc1cc2c(n1C(C)c1ccc(Cl)s1)CCCC2N. The Morgan fingerprint density at radius 1 is 1.47 bits per heavy atom. The predicted molar refractivity (Wildman–Crippen MR) is 82.2 cm³/mol. The summed E-state index contributed by atoms with van der Waals surface area (Å²) in [6.07, 6.45) is 3.44. The van der Waals surface area contributed by atoms with Gasteiger partial charge in [-0.15, -0.1) is 11.3 Å². The molecule has 2 N–H and O–H groups in total. The molecule has 102 valence electrons. The Balaban J connectivity index is 2.05. The summed E-state index contributed by atoms with van der Waals surface area (Å²) in [6.45, 7) is 4.42. The maximum atomic E-state index is 6.24. The van der Waals surface area contributed by atoms with Gasteiger partial charge in [0.05, 0.1) is 10.4 Å². The number of aryl methyl sites for hydroxylation is 1. The molecule has 0 spiro atoms. The Labute approximate surface area is 123 Å². The Bertz CT molecular complexity index is 599. The van der Waals surface area contributed by atoms with Crippen molar-refractivity contribution in [1.29, 1.82) is 0 Å². The molecule has 3 rings (SSSR count). The molecule has 2 heterocycles. The smallest absolute Gasteiger partial charge is 0.0932 e. The zero-order valence-corrected chi connectivity index (χ0v) is 12.9. The van der Waals surface area contributed by atoms with Crippen LogP contribution in [0.4, 0.5) is 0 Å². The molecule has 4 heteroatoms. The lowest BCUT2D eigenvalue weighted by atomic mass is 9.93. The molecule has 0 aliphatic heterocycles. The van der Waals surface area contributed by atoms with Crippen LogP contribution in [0.1, 0.15) is 53.7 Å². The fourth-order valence-electron chi connectivity index (χ4n) is 3.18. The largest absolute Gasteiger partial charge is 0.341 e. The highest BCUT2D eigenvalue weighted by Gasteiger charge is 2.25. The molecule has 0 bridgehead atoms. The number of hydrogen-bond donors (Lipinski definition) is 1. The minimum Gasteiger partial charge on any atom is -0.341 e. The van der Waals surface area contributed by atoms with Gasteiger partial charge < -0.3 is 10.3 Å². The van der Waals surface area contributed by atoms with Crippen LogP contribution < -0.4 is 5.73 Å². The molecule has 2 atom stereocenters. The summed E-state index contributed by atoms with van der Waals surface area (Å²) in [7, 11) is 0. The van der Waals surface area contributed by atoms with E-state index in [-0.39, 0.29) is 6.04 Å². The van der Waals surface area contributed by atoms with Crippen molar-refractivity contribution >= 4 is 22.9 Å². The Morgan fingerprint density at radius 3 is 2.95 bits per heavy atom. The van der Waals surface area contributed by atoms with Crippen LogP contribution in [0.2, 0.25) is 4.34 Å². The van der Waals surface area contributed by atoms with E-state index in [2.05, 4.69) is 30.5 Å². The number of nitrogens with two attached hydrogens (primary N) is 1. The van der Waals surface area contributed by atoms with Crippen molar-refractivity contribution in [2.24, 2.45) is 5.73 Å². The Kier molecular flexibility index (Phi) is 3.46. The van der Waals surface area contributed by atoms with Crippen molar-refractivity contribution in [3.05, 3.63) is 44.4 Å². The van der Waals surface area contributed by atoms with E-state index >= 15 is 0 Å². The van der Waals surface area contributed by atoms with Crippen LogP contribution in [0.5, 0.6) is 0 Å². The van der Waals surface area contributed by atoms with Crippen molar-refractivity contribution < 1.29 is 0 Å². The minimum absolute atomic E-state index is 0.211. The molecule has 0 fully saturated rings. The van der Waals surface area contributed by atoms with Gasteiger partial charge in [0.15, 0.2) is 0 Å². The second-order valence-corrected chi connectivity index (χ2v) is 7.12. The first-order chi connectivity index (χ1) is 9.08. The van der Waals surface area contributed by atoms with Gasteiger partial charge in [-0.3, -0.25) is 0 Å². The van der Waals surface area contributed by atoms with E-state index in [9.17, 15) is 0 Å². The van der Waals surface area contributed by atoms with Gasteiger partial charge in [0.1, 0.15) is 0 Å². The monoisotopic (exact) mass is 294 g/mol. The summed E-state index contributed by atoms with van der Waals surface area (Å²) in [5.74, 6) is 0. The summed E-state index contributed by atoms with van der Waals surface area (Å²) in [4.78, 5) is 1.31. The van der Waals surface area contributed by atoms with Gasteiger partial charge in [-0.2, -0.15) is 0 Å². The van der Waals surface area contributed by atoms with Crippen molar-refractivity contribution in [3.8, 4) is 0 Å². The van der Waals surface area contributed by atoms with Gasteiger partial charge in [-0.25, -0.2) is 0 Å². The highest BCUT2D eigenvalue weighted by atomic mass is 35.5. The number of hydrogen-bond acceptors (Lipinski definition) is 2. The van der Waals surface area contributed by atoms with Crippen LogP contribution in [0.25, 0.3) is 0 Å². The van der Waals surface area contributed by atoms with E-state index < -0.39 is 0 Å². The molecule has 0 saturated heterocycles. The third kappa shape index (κ3) is 2.24. The standard InChI is InChI=1S/C15H19ClN2S/c1-9-8-11-12(17)4-3-5-13(11)18(9)10(2)14-6-7-15(16)19-14/h6-8,10,12H,3-5,17H2,1-2H3. The quantitative estimate of drug-likeness (QED) is 0.871. The van der Waals surface area contributed by atoms with Crippen molar-refractivity contribution in [2.45, 2.75) is 45.2 Å². The number of halogens is 1. The van der Waals surface area contributed by atoms with E-state index in [1.165, 1.54) is 28.2 Å². The molecular formula is C15H19ClN2S. The molecule has 0 radical (unpaired) electrons. The predicted octanol–water partition coefficient (Wildman–Crippen LogP) is 4.46. The molecule has 2 nitrogen and oxygen atoms in total. The highest BCUT2D eigenvalue weighted by Crippen LogP contribution is 2.36. The van der Waals surface area contributed by atoms with Crippen molar-refractivity contribution in [3.63, 3.8) is 0 Å². The molecule has 1 aliphatic carbocycles. The number of rotatable bonds is 2. The van der Waals surface area contributed by atoms with Gasteiger partial charge >= 0.3 is 0 Å². The molecule has 2 aromatic rings. The Morgan fingerprint density at radius 2 is 2.26 bits per heavy atom. The molecular weight excluding hydrogens is 276 g/mol. The lowest BCUT2D eigenvalue weighted by Crippen LogP contribution is -2.19. The fourth-order valence-corrected chi connectivity index (χ4v) is 4.28. The summed E-state index contributed by atoms with van der Waals surface area (Å²) >= 11 is 7.73. The number of fused-ring (bicyclic) bond motifs is 1. The number of aromatic nitrogens is 1. The maximum absolute atomic E-state index is 6.24. The molecule has 0 amide bonds. The van der Waals surface area contributed by atoms with Crippen LogP contribution >= 0.6 is 22.9 Å². The van der Waals surface area contributed by atoms with Crippen LogP contribution in [-0.4, -0.2) is 4.57 Å². The van der Waals surface area contributed by atoms with Gasteiger partial charge in [0, 0.05) is 22.3 Å². The average molecular weight is 295 g/mol. The van der Waals surface area contributed by atoms with E-state index in [0.717, 1.165) is 17.2 Å². The van der Waals surface area contributed by atoms with E-state index in [1.807, 2.05) is 6.07 Å². The summed E-state index contributed by atoms with van der Waals surface area (Å²) in [6, 6.07) is 6.93. The highest BCUT2D eigenvalue weighted by molar-refractivity contribution is 7.16. The van der Waals surface area contributed by atoms with Gasteiger partial charge in [-0.05, 0) is 56.9 Å². The minimum atomic E-state index is 0.211. The average Bonchev–Trinajstić information content (AvgIpc) is 2.93. The first-order valence-corrected chi connectivity index (χ1v) is 7.98. The van der Waals surface area contributed by atoms with E-state index in [1.54, 1.807) is 11.3 Å². The molecule has 0 aromatic carbocycles. The zero-order chi connectivity index (χ0) is 13.6. The van der Waals surface area contributed by atoms with Gasteiger partial charge in [0.25, 0.3) is 0 Å². The lowest BCUT2D eigenvalue weighted by molar-refractivity contribution is 0.524. The zero-order valence-electron chi connectivity index (χ0n) is 11.3. The molecule has 0 saturated carbocycles. The van der Waals surface area contributed by atoms with Crippen molar-refractivity contribution in [2.75, 3.05) is 0 Å². The van der Waals surface area contributed by atoms with Gasteiger partial charge in [0.2, 0.25) is 0 Å². The third-order valence-corrected chi connectivity index (χ3v) is 5.49. The summed E-state index contributed by atoms with van der Waals surface area (Å²) < 4.78 is 3.30. The molecule has 2 aromatic heterocycles. The Hall–Kier alpha value is -0.770. The van der Waals surface area contributed by atoms with Crippen LogP contribution in [0, 0.1) is 6.92 Å².